The molecule has 0 aromatic carbocycles. The number of morpholine rings is 1. The van der Waals surface area contributed by atoms with Crippen molar-refractivity contribution >= 4 is 5.91 Å². The Morgan fingerprint density at radius 1 is 1.42 bits per heavy atom. The minimum Gasteiger partial charge on any atom is -0.383 e. The zero-order valence-electron chi connectivity index (χ0n) is 11.9. The second kappa shape index (κ2) is 6.65. The summed E-state index contributed by atoms with van der Waals surface area (Å²) in [5, 5.41) is 0. The molecule has 0 radical (unpaired) electrons. The van der Waals surface area contributed by atoms with Gasteiger partial charge in [-0.15, -0.1) is 0 Å². The zero-order valence-corrected chi connectivity index (χ0v) is 11.9. The molecule has 2 aliphatic heterocycles. The Morgan fingerprint density at radius 3 is 2.74 bits per heavy atom. The molecule has 2 rings (SSSR count). The maximum atomic E-state index is 12.2. The number of amides is 1. The lowest BCUT2D eigenvalue weighted by atomic mass is 10.0. The van der Waals surface area contributed by atoms with Crippen LogP contribution in [0.3, 0.4) is 0 Å². The number of methoxy groups -OCH3 is 1. The fourth-order valence-corrected chi connectivity index (χ4v) is 3.00. The van der Waals surface area contributed by atoms with Crippen molar-refractivity contribution in [1.29, 1.82) is 0 Å². The van der Waals surface area contributed by atoms with E-state index in [2.05, 4.69) is 11.8 Å². The number of rotatable bonds is 4. The highest BCUT2D eigenvalue weighted by Crippen LogP contribution is 2.23. The molecule has 2 aliphatic rings. The minimum atomic E-state index is -0.541. The van der Waals surface area contributed by atoms with Gasteiger partial charge in [-0.05, 0) is 5.92 Å². The Balaban J connectivity index is 1.90. The van der Waals surface area contributed by atoms with E-state index >= 15 is 0 Å². The van der Waals surface area contributed by atoms with Gasteiger partial charge in [0.1, 0.15) is 6.04 Å². The average Bonchev–Trinajstić information content (AvgIpc) is 2.81. The van der Waals surface area contributed by atoms with E-state index in [1.165, 1.54) is 0 Å². The van der Waals surface area contributed by atoms with Crippen molar-refractivity contribution in [2.24, 2.45) is 11.7 Å². The van der Waals surface area contributed by atoms with Crippen LogP contribution in [0.4, 0.5) is 0 Å². The number of carbonyl (C=O) groups excluding carboxylic acids is 1. The third kappa shape index (κ3) is 3.45. The molecule has 0 aromatic heterocycles. The fourth-order valence-electron chi connectivity index (χ4n) is 3.00. The number of hydrogen-bond donors (Lipinski definition) is 1. The Morgan fingerprint density at radius 2 is 2.11 bits per heavy atom. The van der Waals surface area contributed by atoms with Gasteiger partial charge in [0.15, 0.2) is 0 Å². The summed E-state index contributed by atoms with van der Waals surface area (Å²) >= 11 is 0. The summed E-state index contributed by atoms with van der Waals surface area (Å²) in [4.78, 5) is 16.5. The van der Waals surface area contributed by atoms with Crippen LogP contribution in [0.1, 0.15) is 6.92 Å². The molecule has 2 N–H and O–H groups in total. The van der Waals surface area contributed by atoms with Gasteiger partial charge in [0.25, 0.3) is 0 Å². The van der Waals surface area contributed by atoms with Gasteiger partial charge in [-0.1, -0.05) is 6.92 Å². The van der Waals surface area contributed by atoms with Crippen LogP contribution in [-0.4, -0.2) is 80.9 Å². The van der Waals surface area contributed by atoms with Gasteiger partial charge in [-0.25, -0.2) is 0 Å². The van der Waals surface area contributed by atoms with E-state index in [0.29, 0.717) is 12.0 Å². The third-order valence-electron chi connectivity index (χ3n) is 4.06. The largest absolute Gasteiger partial charge is 0.383 e. The number of hydrogen-bond acceptors (Lipinski definition) is 5. The Bertz CT molecular complexity index is 308. The first-order valence-electron chi connectivity index (χ1n) is 6.98. The second-order valence-corrected chi connectivity index (χ2v) is 5.50. The average molecular weight is 271 g/mol. The summed E-state index contributed by atoms with van der Waals surface area (Å²) in [5.41, 5.74) is 5.83. The zero-order chi connectivity index (χ0) is 13.8. The van der Waals surface area contributed by atoms with Gasteiger partial charge in [0.05, 0.1) is 19.8 Å². The molecule has 0 aliphatic carbocycles. The lowest BCUT2D eigenvalue weighted by molar-refractivity contribution is -0.133. The number of ether oxygens (including phenoxy) is 2. The topological polar surface area (TPSA) is 68.0 Å². The molecule has 2 heterocycles. The quantitative estimate of drug-likeness (QED) is 0.720. The van der Waals surface area contributed by atoms with Gasteiger partial charge < -0.3 is 20.1 Å². The summed E-state index contributed by atoms with van der Waals surface area (Å²) in [6.45, 7) is 7.56. The monoisotopic (exact) mass is 271 g/mol. The van der Waals surface area contributed by atoms with Gasteiger partial charge >= 0.3 is 0 Å². The molecule has 6 heteroatoms. The predicted octanol–water partition coefficient (Wildman–Crippen LogP) is -0.861. The van der Waals surface area contributed by atoms with E-state index in [0.717, 1.165) is 39.4 Å². The first-order valence-corrected chi connectivity index (χ1v) is 6.98. The van der Waals surface area contributed by atoms with E-state index in [-0.39, 0.29) is 12.5 Å². The van der Waals surface area contributed by atoms with Crippen molar-refractivity contribution in [2.75, 3.05) is 53.1 Å². The predicted molar refractivity (Wildman–Crippen MR) is 71.8 cm³/mol. The molecule has 0 spiro atoms. The van der Waals surface area contributed by atoms with Gasteiger partial charge in [-0.3, -0.25) is 9.69 Å². The Labute approximate surface area is 114 Å². The summed E-state index contributed by atoms with van der Waals surface area (Å²) < 4.78 is 10.3. The molecular formula is C13H25N3O3. The summed E-state index contributed by atoms with van der Waals surface area (Å²) in [5.74, 6) is 0.487. The SMILES string of the molecule is COCC(N)C(=O)N1CC(C)C(N2CCOCC2)C1. The van der Waals surface area contributed by atoms with Crippen LogP contribution in [0.5, 0.6) is 0 Å². The first-order chi connectivity index (χ1) is 9.13. The molecule has 2 saturated heterocycles. The van der Waals surface area contributed by atoms with Crippen molar-refractivity contribution in [2.45, 2.75) is 19.0 Å². The first kappa shape index (κ1) is 14.7. The number of carbonyl (C=O) groups is 1. The second-order valence-electron chi connectivity index (χ2n) is 5.50. The lowest BCUT2D eigenvalue weighted by Crippen LogP contribution is -2.49. The molecule has 6 nitrogen and oxygen atoms in total. The molecular weight excluding hydrogens is 246 g/mol. The molecule has 3 atom stereocenters. The maximum absolute atomic E-state index is 12.2. The van der Waals surface area contributed by atoms with Crippen LogP contribution in [0, 0.1) is 5.92 Å². The fraction of sp³-hybridized carbons (Fsp3) is 0.923. The molecule has 3 unspecified atom stereocenters. The van der Waals surface area contributed by atoms with Gasteiger partial charge in [0.2, 0.25) is 5.91 Å². The van der Waals surface area contributed by atoms with Crippen LogP contribution in [0.15, 0.2) is 0 Å². The lowest BCUT2D eigenvalue weighted by Gasteiger charge is -2.34. The van der Waals surface area contributed by atoms with E-state index in [4.69, 9.17) is 15.2 Å². The van der Waals surface area contributed by atoms with Gasteiger partial charge in [-0.2, -0.15) is 0 Å². The molecule has 19 heavy (non-hydrogen) atoms. The summed E-state index contributed by atoms with van der Waals surface area (Å²) in [7, 11) is 1.57. The third-order valence-corrected chi connectivity index (χ3v) is 4.06. The molecule has 0 saturated carbocycles. The van der Waals surface area contributed by atoms with Crippen molar-refractivity contribution in [1.82, 2.24) is 9.80 Å². The number of likely N-dealkylation sites (tertiary alicyclic amines) is 1. The molecule has 0 aromatic rings. The van der Waals surface area contributed by atoms with Crippen molar-refractivity contribution in [3.63, 3.8) is 0 Å². The van der Waals surface area contributed by atoms with E-state index in [1.807, 2.05) is 4.90 Å². The van der Waals surface area contributed by atoms with Crippen LogP contribution in [-0.2, 0) is 14.3 Å². The Hall–Kier alpha value is -0.690. The molecule has 2 fully saturated rings. The Kier molecular flexibility index (Phi) is 5.15. The number of nitrogens with zero attached hydrogens (tertiary/aromatic N) is 2. The standard InChI is InChI=1S/C13H25N3O3/c1-10-7-16(13(17)11(14)9-18-2)8-12(10)15-3-5-19-6-4-15/h10-12H,3-9,14H2,1-2H3. The van der Waals surface area contributed by atoms with E-state index in [1.54, 1.807) is 7.11 Å². The highest BCUT2D eigenvalue weighted by Gasteiger charge is 2.37. The smallest absolute Gasteiger partial charge is 0.241 e. The maximum Gasteiger partial charge on any atom is 0.241 e. The summed E-state index contributed by atoms with van der Waals surface area (Å²) in [6, 6.07) is -0.108. The number of nitrogens with two attached hydrogens (primary N) is 1. The highest BCUT2D eigenvalue weighted by molar-refractivity contribution is 5.82. The van der Waals surface area contributed by atoms with E-state index in [9.17, 15) is 4.79 Å². The van der Waals surface area contributed by atoms with E-state index < -0.39 is 6.04 Å². The normalized spacial score (nSPS) is 30.6. The van der Waals surface area contributed by atoms with Gasteiger partial charge in [0, 0.05) is 39.3 Å². The van der Waals surface area contributed by atoms with Crippen LogP contribution in [0.25, 0.3) is 0 Å². The van der Waals surface area contributed by atoms with Crippen molar-refractivity contribution < 1.29 is 14.3 Å². The highest BCUT2D eigenvalue weighted by atomic mass is 16.5. The summed E-state index contributed by atoms with van der Waals surface area (Å²) in [6.07, 6.45) is 0. The molecule has 110 valence electrons. The van der Waals surface area contributed by atoms with Crippen molar-refractivity contribution in [3.8, 4) is 0 Å². The van der Waals surface area contributed by atoms with Crippen LogP contribution in [0.2, 0.25) is 0 Å². The minimum absolute atomic E-state index is 0.00413. The van der Waals surface area contributed by atoms with Crippen LogP contribution >= 0.6 is 0 Å². The van der Waals surface area contributed by atoms with Crippen LogP contribution < -0.4 is 5.73 Å². The van der Waals surface area contributed by atoms with Crippen molar-refractivity contribution in [3.05, 3.63) is 0 Å². The molecule has 1 amide bonds. The molecule has 0 bridgehead atoms.